The number of amides is 1. The highest BCUT2D eigenvalue weighted by Crippen LogP contribution is 2.37. The van der Waals surface area contributed by atoms with Gasteiger partial charge < -0.3 is 14.8 Å². The molecule has 0 spiro atoms. The Kier molecular flexibility index (Phi) is 5.98. The summed E-state index contributed by atoms with van der Waals surface area (Å²) in [5.41, 5.74) is 1.84. The minimum atomic E-state index is -0.0581. The van der Waals surface area contributed by atoms with E-state index in [-0.39, 0.29) is 11.9 Å². The standard InChI is InChI=1S/C20H19ClN2O3S/c1-12(23-13(2)24)14-4-6-15(7-5-14)26-19-11-22-20(27-19)17-9-8-16(25-3)10-18(17)21/h4-12H,1-3H3,(H,23,24). The Bertz CT molecular complexity index is 941. The maximum atomic E-state index is 11.2. The third-order valence-corrected chi connectivity index (χ3v) is 5.13. The number of aromatic nitrogens is 1. The molecule has 1 atom stereocenters. The van der Waals surface area contributed by atoms with Crippen LogP contribution in [0, 0.1) is 0 Å². The lowest BCUT2D eigenvalue weighted by molar-refractivity contribution is -0.119. The van der Waals surface area contributed by atoms with Gasteiger partial charge in [-0.2, -0.15) is 0 Å². The Morgan fingerprint density at radius 1 is 1.19 bits per heavy atom. The minimum absolute atomic E-state index is 0.0521. The summed E-state index contributed by atoms with van der Waals surface area (Å²) in [7, 11) is 1.60. The molecule has 3 aromatic rings. The van der Waals surface area contributed by atoms with Crippen LogP contribution >= 0.6 is 22.9 Å². The Balaban J connectivity index is 1.71. The zero-order valence-corrected chi connectivity index (χ0v) is 16.7. The zero-order valence-electron chi connectivity index (χ0n) is 15.2. The highest BCUT2D eigenvalue weighted by Gasteiger charge is 2.12. The van der Waals surface area contributed by atoms with Gasteiger partial charge in [-0.05, 0) is 42.8 Å². The molecule has 1 N–H and O–H groups in total. The van der Waals surface area contributed by atoms with Crippen molar-refractivity contribution >= 4 is 28.8 Å². The normalized spacial score (nSPS) is 11.7. The first-order chi connectivity index (χ1) is 13.0. The molecule has 0 aliphatic heterocycles. The Morgan fingerprint density at radius 3 is 2.52 bits per heavy atom. The molecule has 0 saturated heterocycles. The van der Waals surface area contributed by atoms with E-state index in [2.05, 4.69) is 10.3 Å². The minimum Gasteiger partial charge on any atom is -0.497 e. The van der Waals surface area contributed by atoms with Gasteiger partial charge in [0, 0.05) is 12.5 Å². The van der Waals surface area contributed by atoms with Crippen LogP contribution in [0.25, 0.3) is 10.6 Å². The van der Waals surface area contributed by atoms with Crippen LogP contribution in [0.3, 0.4) is 0 Å². The molecule has 0 bridgehead atoms. The summed E-state index contributed by atoms with van der Waals surface area (Å²) in [5, 5.41) is 4.87. The van der Waals surface area contributed by atoms with Crippen LogP contribution in [-0.2, 0) is 4.79 Å². The van der Waals surface area contributed by atoms with Gasteiger partial charge in [-0.1, -0.05) is 35.1 Å². The lowest BCUT2D eigenvalue weighted by atomic mass is 10.1. The van der Waals surface area contributed by atoms with Gasteiger partial charge in [0.15, 0.2) is 0 Å². The fourth-order valence-electron chi connectivity index (χ4n) is 2.56. The van der Waals surface area contributed by atoms with E-state index in [0.717, 1.165) is 16.1 Å². The Labute approximate surface area is 166 Å². The van der Waals surface area contributed by atoms with E-state index >= 15 is 0 Å². The number of rotatable bonds is 6. The van der Waals surface area contributed by atoms with Crippen molar-refractivity contribution in [2.75, 3.05) is 7.11 Å². The Morgan fingerprint density at radius 2 is 1.89 bits per heavy atom. The molecule has 140 valence electrons. The van der Waals surface area contributed by atoms with Crippen LogP contribution in [0.1, 0.15) is 25.5 Å². The number of carbonyl (C=O) groups excluding carboxylic acids is 1. The summed E-state index contributed by atoms with van der Waals surface area (Å²) in [6, 6.07) is 13.0. The van der Waals surface area contributed by atoms with E-state index in [1.54, 1.807) is 19.4 Å². The maximum absolute atomic E-state index is 11.2. The predicted molar refractivity (Wildman–Crippen MR) is 108 cm³/mol. The second kappa shape index (κ2) is 8.41. The van der Waals surface area contributed by atoms with Gasteiger partial charge in [-0.15, -0.1) is 0 Å². The second-order valence-corrected chi connectivity index (χ2v) is 7.32. The molecule has 0 aliphatic rings. The van der Waals surface area contributed by atoms with Crippen LogP contribution in [0.5, 0.6) is 16.6 Å². The van der Waals surface area contributed by atoms with Gasteiger partial charge in [0.25, 0.3) is 0 Å². The first kappa shape index (κ1) is 19.2. The summed E-state index contributed by atoms with van der Waals surface area (Å²) in [4.78, 5) is 15.6. The number of nitrogens with one attached hydrogen (secondary N) is 1. The molecule has 5 nitrogen and oxygen atoms in total. The fourth-order valence-corrected chi connectivity index (χ4v) is 3.70. The number of hydrogen-bond donors (Lipinski definition) is 1. The highest BCUT2D eigenvalue weighted by molar-refractivity contribution is 7.16. The van der Waals surface area contributed by atoms with E-state index in [1.165, 1.54) is 18.3 Å². The summed E-state index contributed by atoms with van der Waals surface area (Å²) >= 11 is 7.72. The van der Waals surface area contributed by atoms with E-state index in [0.29, 0.717) is 21.6 Å². The number of ether oxygens (including phenoxy) is 2. The molecule has 0 saturated carbocycles. The first-order valence-electron chi connectivity index (χ1n) is 8.31. The summed E-state index contributed by atoms with van der Waals surface area (Å²) in [5.74, 6) is 1.34. The van der Waals surface area contributed by atoms with Crippen molar-refractivity contribution in [3.63, 3.8) is 0 Å². The molecule has 1 aromatic heterocycles. The molecule has 2 aromatic carbocycles. The van der Waals surface area contributed by atoms with E-state index in [4.69, 9.17) is 21.1 Å². The monoisotopic (exact) mass is 402 g/mol. The van der Waals surface area contributed by atoms with Gasteiger partial charge in [0.1, 0.15) is 16.5 Å². The third-order valence-electron chi connectivity index (χ3n) is 3.91. The molecule has 1 unspecified atom stereocenters. The molecule has 1 amide bonds. The average molecular weight is 403 g/mol. The molecule has 1 heterocycles. The SMILES string of the molecule is COc1ccc(-c2ncc(Oc3ccc(C(C)NC(C)=O)cc3)s2)c(Cl)c1. The van der Waals surface area contributed by atoms with Crippen molar-refractivity contribution in [3.05, 3.63) is 59.2 Å². The van der Waals surface area contributed by atoms with Crippen LogP contribution in [0.4, 0.5) is 0 Å². The molecule has 0 radical (unpaired) electrons. The van der Waals surface area contributed by atoms with E-state index in [9.17, 15) is 4.79 Å². The first-order valence-corrected chi connectivity index (χ1v) is 9.50. The lowest BCUT2D eigenvalue weighted by Gasteiger charge is -2.13. The molecule has 7 heteroatoms. The van der Waals surface area contributed by atoms with Crippen molar-refractivity contribution in [1.29, 1.82) is 0 Å². The van der Waals surface area contributed by atoms with E-state index < -0.39 is 0 Å². The average Bonchev–Trinajstić information content (AvgIpc) is 3.09. The van der Waals surface area contributed by atoms with Gasteiger partial charge in [0.2, 0.25) is 11.0 Å². The molecule has 27 heavy (non-hydrogen) atoms. The largest absolute Gasteiger partial charge is 0.497 e. The van der Waals surface area contributed by atoms with Crippen molar-refractivity contribution < 1.29 is 14.3 Å². The van der Waals surface area contributed by atoms with E-state index in [1.807, 2.05) is 43.3 Å². The quantitative estimate of drug-likeness (QED) is 0.594. The lowest BCUT2D eigenvalue weighted by Crippen LogP contribution is -2.23. The zero-order chi connectivity index (χ0) is 19.4. The van der Waals surface area contributed by atoms with Crippen molar-refractivity contribution in [2.24, 2.45) is 0 Å². The molecular formula is C20H19ClN2O3S. The topological polar surface area (TPSA) is 60.5 Å². The summed E-state index contributed by atoms with van der Waals surface area (Å²) in [6.07, 6.45) is 1.68. The van der Waals surface area contributed by atoms with Crippen LogP contribution < -0.4 is 14.8 Å². The molecular weight excluding hydrogens is 384 g/mol. The van der Waals surface area contributed by atoms with Gasteiger partial charge >= 0.3 is 0 Å². The highest BCUT2D eigenvalue weighted by atomic mass is 35.5. The van der Waals surface area contributed by atoms with Crippen molar-refractivity contribution in [2.45, 2.75) is 19.9 Å². The van der Waals surface area contributed by atoms with Crippen LogP contribution in [0.2, 0.25) is 5.02 Å². The third kappa shape index (κ3) is 4.78. The number of halogens is 1. The van der Waals surface area contributed by atoms with Gasteiger partial charge in [0.05, 0.1) is 24.4 Å². The Hall–Kier alpha value is -2.57. The fraction of sp³-hybridized carbons (Fsp3) is 0.200. The van der Waals surface area contributed by atoms with Gasteiger partial charge in [-0.25, -0.2) is 4.98 Å². The van der Waals surface area contributed by atoms with Crippen molar-refractivity contribution in [3.8, 4) is 27.1 Å². The summed E-state index contributed by atoms with van der Waals surface area (Å²) < 4.78 is 11.1. The molecule has 3 rings (SSSR count). The van der Waals surface area contributed by atoms with Gasteiger partial charge in [-0.3, -0.25) is 4.79 Å². The van der Waals surface area contributed by atoms with Crippen LogP contribution in [-0.4, -0.2) is 18.0 Å². The predicted octanol–water partition coefficient (Wildman–Crippen LogP) is 5.46. The number of carbonyl (C=O) groups is 1. The molecule has 0 aliphatic carbocycles. The van der Waals surface area contributed by atoms with Crippen molar-refractivity contribution in [1.82, 2.24) is 10.3 Å². The number of nitrogens with zero attached hydrogens (tertiary/aromatic N) is 1. The number of hydrogen-bond acceptors (Lipinski definition) is 5. The number of methoxy groups -OCH3 is 1. The second-order valence-electron chi connectivity index (χ2n) is 5.92. The smallest absolute Gasteiger partial charge is 0.217 e. The molecule has 0 fully saturated rings. The van der Waals surface area contributed by atoms with Crippen LogP contribution in [0.15, 0.2) is 48.7 Å². The number of benzene rings is 2. The maximum Gasteiger partial charge on any atom is 0.217 e. The number of thiazole rings is 1. The summed E-state index contributed by atoms with van der Waals surface area (Å²) in [6.45, 7) is 3.44.